The van der Waals surface area contributed by atoms with Crippen molar-refractivity contribution in [2.75, 3.05) is 29.6 Å². The number of nitrogens with one attached hydrogen (secondary N) is 3. The Balaban J connectivity index is 1.60. The van der Waals surface area contributed by atoms with E-state index in [9.17, 15) is 9.59 Å². The zero-order chi connectivity index (χ0) is 26.6. The summed E-state index contributed by atoms with van der Waals surface area (Å²) in [4.78, 5) is 37.8. The minimum absolute atomic E-state index is 0.0287. The molecule has 2 aliphatic rings. The minimum atomic E-state index is -2.72. The molecule has 0 spiro atoms. The van der Waals surface area contributed by atoms with Crippen LogP contribution in [0.5, 0.6) is 0 Å². The van der Waals surface area contributed by atoms with E-state index < -0.39 is 12.9 Å². The highest BCUT2D eigenvalue weighted by atomic mass is 32.1. The number of carbonyl (C=O) groups excluding carboxylic acids is 2. The number of anilines is 4. The molecule has 3 aromatic rings. The highest BCUT2D eigenvalue weighted by Gasteiger charge is 2.33. The van der Waals surface area contributed by atoms with Crippen LogP contribution in [0.4, 0.5) is 23.0 Å². The molecule has 34 heavy (non-hydrogen) atoms. The number of aryl methyl sites for hydroxylation is 2. The highest BCUT2D eigenvalue weighted by Crippen LogP contribution is 2.49. The Morgan fingerprint density at radius 2 is 2.00 bits per heavy atom. The molecule has 4 heterocycles. The van der Waals surface area contributed by atoms with Crippen molar-refractivity contribution >= 4 is 46.2 Å². The Morgan fingerprint density at radius 3 is 2.74 bits per heavy atom. The van der Waals surface area contributed by atoms with Gasteiger partial charge in [-0.2, -0.15) is 0 Å². The summed E-state index contributed by atoms with van der Waals surface area (Å²) in [6.07, 6.45) is 1.62. The molecule has 1 saturated carbocycles. The predicted octanol–water partition coefficient (Wildman–Crippen LogP) is 3.57. The van der Waals surface area contributed by atoms with E-state index in [0.29, 0.717) is 5.82 Å². The number of pyridine rings is 1. The molecule has 1 aliphatic carbocycles. The molecule has 0 saturated heterocycles. The summed E-state index contributed by atoms with van der Waals surface area (Å²) >= 11 is 1.65. The summed E-state index contributed by atoms with van der Waals surface area (Å²) in [7, 11) is 1.96. The van der Waals surface area contributed by atoms with Crippen LogP contribution in [0.15, 0.2) is 12.1 Å². The number of nitrogens with zero attached hydrogens (tertiary/aromatic N) is 5. The topological polar surface area (TPSA) is 125 Å². The molecule has 176 valence electrons. The summed E-state index contributed by atoms with van der Waals surface area (Å²) < 4.78 is 22.2. The predicted molar refractivity (Wildman–Crippen MR) is 132 cm³/mol. The van der Waals surface area contributed by atoms with Gasteiger partial charge in [0.2, 0.25) is 5.91 Å². The second-order valence-electron chi connectivity index (χ2n) is 8.58. The van der Waals surface area contributed by atoms with Gasteiger partial charge in [0.15, 0.2) is 17.3 Å². The average molecular weight is 482 g/mol. The molecule has 2 amide bonds. The largest absolute Gasteiger partial charge is 0.363 e. The molecular weight excluding hydrogens is 452 g/mol. The Hall–Kier alpha value is -3.60. The Kier molecular flexibility index (Phi) is 4.59. The molecule has 0 radical (unpaired) electrons. The fourth-order valence-corrected chi connectivity index (χ4v) is 5.09. The molecule has 0 unspecified atom stereocenters. The van der Waals surface area contributed by atoms with Crippen molar-refractivity contribution in [2.24, 2.45) is 5.92 Å². The number of aromatic nitrogens is 4. The lowest BCUT2D eigenvalue weighted by atomic mass is 9.99. The second kappa shape index (κ2) is 8.32. The van der Waals surface area contributed by atoms with Gasteiger partial charge in [-0.1, -0.05) is 0 Å². The molecule has 5 rings (SSSR count). The van der Waals surface area contributed by atoms with E-state index in [1.807, 2.05) is 32.3 Å². The number of rotatable bonds is 5. The molecule has 0 bridgehead atoms. The van der Waals surface area contributed by atoms with Gasteiger partial charge in [-0.15, -0.1) is 21.5 Å². The third-order valence-electron chi connectivity index (χ3n) is 6.02. The Morgan fingerprint density at radius 1 is 1.21 bits per heavy atom. The van der Waals surface area contributed by atoms with Crippen molar-refractivity contribution in [1.29, 1.82) is 0 Å². The highest BCUT2D eigenvalue weighted by molar-refractivity contribution is 7.12. The maximum absolute atomic E-state index is 12.8. The van der Waals surface area contributed by atoms with Crippen LogP contribution in [0.2, 0.25) is 0 Å². The van der Waals surface area contributed by atoms with Gasteiger partial charge in [0.1, 0.15) is 0 Å². The fourth-order valence-electron chi connectivity index (χ4n) is 4.06. The van der Waals surface area contributed by atoms with E-state index in [0.717, 1.165) is 45.4 Å². The van der Waals surface area contributed by atoms with E-state index >= 15 is 0 Å². The van der Waals surface area contributed by atoms with E-state index in [4.69, 9.17) is 14.1 Å². The van der Waals surface area contributed by atoms with Gasteiger partial charge in [-0.3, -0.25) is 9.59 Å². The van der Waals surface area contributed by atoms with Gasteiger partial charge in [-0.25, -0.2) is 9.97 Å². The molecule has 3 N–H and O–H groups in total. The molecule has 10 nitrogen and oxygen atoms in total. The average Bonchev–Trinajstić information content (AvgIpc) is 3.57. The summed E-state index contributed by atoms with van der Waals surface area (Å²) in [6.45, 7) is 3.19. The van der Waals surface area contributed by atoms with Gasteiger partial charge in [0, 0.05) is 41.4 Å². The lowest BCUT2D eigenvalue weighted by molar-refractivity contribution is -0.117. The number of amides is 2. The first-order chi connectivity index (χ1) is 17.4. The van der Waals surface area contributed by atoms with Gasteiger partial charge >= 0.3 is 0 Å². The summed E-state index contributed by atoms with van der Waals surface area (Å²) in [5.74, 6) is -0.587. The quantitative estimate of drug-likeness (QED) is 0.505. The molecule has 1 aliphatic heterocycles. The van der Waals surface area contributed by atoms with Crippen LogP contribution < -0.4 is 20.9 Å². The second-order valence-corrected chi connectivity index (χ2v) is 9.81. The van der Waals surface area contributed by atoms with Crippen molar-refractivity contribution in [3.8, 4) is 11.3 Å². The lowest BCUT2D eigenvalue weighted by Crippen LogP contribution is -2.27. The van der Waals surface area contributed by atoms with Crippen molar-refractivity contribution in [1.82, 2.24) is 25.5 Å². The first-order valence-electron chi connectivity index (χ1n) is 12.4. The number of hydrogen-bond acceptors (Lipinski definition) is 9. The number of fused-ring (bicyclic) bond motifs is 3. The maximum atomic E-state index is 12.8. The maximum Gasteiger partial charge on any atom is 0.273 e. The third-order valence-corrected chi connectivity index (χ3v) is 7.17. The van der Waals surface area contributed by atoms with Crippen LogP contribution in [0, 0.1) is 19.8 Å². The van der Waals surface area contributed by atoms with Crippen LogP contribution in [-0.4, -0.2) is 46.0 Å². The van der Waals surface area contributed by atoms with Crippen LogP contribution in [0.25, 0.3) is 11.3 Å². The summed E-state index contributed by atoms with van der Waals surface area (Å²) in [5, 5.41) is 16.7. The lowest BCUT2D eigenvalue weighted by Gasteiger charge is -2.34. The molecule has 3 aromatic heterocycles. The Bertz CT molecular complexity index is 1420. The number of carbonyl (C=O) groups is 2. The zero-order valence-corrected chi connectivity index (χ0v) is 20.0. The summed E-state index contributed by atoms with van der Waals surface area (Å²) in [6, 6.07) is 3.46. The monoisotopic (exact) mass is 481 g/mol. The molecule has 0 aromatic carbocycles. The number of thiazole rings is 1. The van der Waals surface area contributed by atoms with Crippen LogP contribution in [0.1, 0.15) is 56.0 Å². The van der Waals surface area contributed by atoms with Gasteiger partial charge in [0.25, 0.3) is 5.91 Å². The Labute approximate surface area is 205 Å². The smallest absolute Gasteiger partial charge is 0.273 e. The van der Waals surface area contributed by atoms with Gasteiger partial charge in [-0.05, 0) is 39.7 Å². The van der Waals surface area contributed by atoms with Crippen molar-refractivity contribution in [3.63, 3.8) is 0 Å². The van der Waals surface area contributed by atoms with Crippen molar-refractivity contribution in [3.05, 3.63) is 33.4 Å². The molecular formula is C23H26N8O2S. The van der Waals surface area contributed by atoms with Crippen molar-refractivity contribution < 1.29 is 13.7 Å². The van der Waals surface area contributed by atoms with Crippen molar-refractivity contribution in [2.45, 2.75) is 39.7 Å². The zero-order valence-electron chi connectivity index (χ0n) is 22.2. The van der Waals surface area contributed by atoms with Gasteiger partial charge < -0.3 is 20.9 Å². The first kappa shape index (κ1) is 18.8. The van der Waals surface area contributed by atoms with E-state index in [1.165, 1.54) is 6.07 Å². The minimum Gasteiger partial charge on any atom is -0.363 e. The van der Waals surface area contributed by atoms with Crippen LogP contribution in [0.3, 0.4) is 0 Å². The SMILES string of the molecule is [2H]C([2H])([2H])NC(=O)c1nnc(NC(=O)C2CC2)cc1Nc1nc(C)cc2c1N(C)[C@@H](C)c1sc(C)nc1-2. The normalized spacial score (nSPS) is 18.2. The fraction of sp³-hybridized carbons (Fsp3) is 0.391. The van der Waals surface area contributed by atoms with Gasteiger partial charge in [0.05, 0.1) is 33.0 Å². The number of hydrogen-bond donors (Lipinski definition) is 3. The third kappa shape index (κ3) is 3.85. The van der Waals surface area contributed by atoms with Crippen LogP contribution in [-0.2, 0) is 4.79 Å². The van der Waals surface area contributed by atoms with E-state index in [2.05, 4.69) is 32.7 Å². The van der Waals surface area contributed by atoms with Crippen LogP contribution >= 0.6 is 11.3 Å². The molecule has 11 heteroatoms. The van der Waals surface area contributed by atoms with E-state index in [-0.39, 0.29) is 35.1 Å². The first-order valence-corrected chi connectivity index (χ1v) is 11.7. The summed E-state index contributed by atoms with van der Waals surface area (Å²) in [5.41, 5.74) is 3.20. The molecule has 1 fully saturated rings. The molecule has 1 atom stereocenters. The van der Waals surface area contributed by atoms with E-state index in [1.54, 1.807) is 11.3 Å². The standard InChI is InChI=1S/C23H26N8O2S/c1-10-8-14-17-20(34-12(3)26-17)11(2)31(5)19(14)21(25-10)27-15-9-16(28-22(32)13-6-7-13)29-30-18(15)23(33)24-4/h8-9,11,13H,6-7H2,1-5H3,(H,24,33)(H2,25,27,28,29,32)/t11-/m0/s1/i4D3.